The normalized spacial score (nSPS) is 20.0. The molecule has 1 aliphatic rings. The van der Waals surface area contributed by atoms with Crippen LogP contribution in [0.15, 0.2) is 71.4 Å². The molecule has 2 aromatic heterocycles. The van der Waals surface area contributed by atoms with Crippen LogP contribution in [-0.4, -0.2) is 11.4 Å². The maximum Gasteiger partial charge on any atom is 0.188 e. The topological polar surface area (TPSA) is 12.5 Å². The second kappa shape index (κ2) is 6.54. The van der Waals surface area contributed by atoms with E-state index in [9.17, 15) is 0 Å². The monoisotopic (exact) mass is 377 g/mol. The SMILES string of the molecule is CCN1C(c2cccs2)Oc2ccc3ccccc3c2C1c1cccs1. The highest BCUT2D eigenvalue weighted by Gasteiger charge is 2.38. The third kappa shape index (κ3) is 2.49. The van der Waals surface area contributed by atoms with Crippen LogP contribution in [0.5, 0.6) is 5.75 Å². The van der Waals surface area contributed by atoms with Gasteiger partial charge in [0.15, 0.2) is 6.23 Å². The van der Waals surface area contributed by atoms with E-state index in [1.165, 1.54) is 26.1 Å². The van der Waals surface area contributed by atoms with E-state index < -0.39 is 0 Å². The second-order valence-corrected chi connectivity index (χ2v) is 8.39. The molecule has 26 heavy (non-hydrogen) atoms. The number of hydrogen-bond acceptors (Lipinski definition) is 4. The molecule has 2 nitrogen and oxygen atoms in total. The van der Waals surface area contributed by atoms with Gasteiger partial charge in [-0.25, -0.2) is 0 Å². The van der Waals surface area contributed by atoms with Crippen molar-refractivity contribution in [1.82, 2.24) is 4.90 Å². The van der Waals surface area contributed by atoms with Crippen molar-refractivity contribution in [3.05, 3.63) is 86.7 Å². The number of benzene rings is 2. The molecule has 0 amide bonds. The summed E-state index contributed by atoms with van der Waals surface area (Å²) in [7, 11) is 0. The molecule has 0 saturated heterocycles. The smallest absolute Gasteiger partial charge is 0.188 e. The first-order valence-corrected chi connectivity index (χ1v) is 10.6. The van der Waals surface area contributed by atoms with E-state index in [2.05, 4.69) is 83.2 Å². The van der Waals surface area contributed by atoms with Crippen LogP contribution in [0.2, 0.25) is 0 Å². The van der Waals surface area contributed by atoms with Gasteiger partial charge in [-0.15, -0.1) is 22.7 Å². The minimum Gasteiger partial charge on any atom is -0.470 e. The maximum atomic E-state index is 6.56. The summed E-state index contributed by atoms with van der Waals surface area (Å²) in [6, 6.07) is 21.8. The van der Waals surface area contributed by atoms with Crippen LogP contribution in [0.25, 0.3) is 10.8 Å². The minimum atomic E-state index is -0.0410. The lowest BCUT2D eigenvalue weighted by Gasteiger charge is -2.42. The van der Waals surface area contributed by atoms with Gasteiger partial charge in [0, 0.05) is 17.0 Å². The van der Waals surface area contributed by atoms with E-state index in [4.69, 9.17) is 4.74 Å². The predicted molar refractivity (Wildman–Crippen MR) is 110 cm³/mol. The molecule has 4 aromatic rings. The van der Waals surface area contributed by atoms with E-state index >= 15 is 0 Å². The van der Waals surface area contributed by atoms with Crippen LogP contribution >= 0.6 is 22.7 Å². The zero-order valence-electron chi connectivity index (χ0n) is 14.5. The van der Waals surface area contributed by atoms with E-state index in [-0.39, 0.29) is 12.3 Å². The number of hydrogen-bond donors (Lipinski definition) is 0. The molecule has 0 spiro atoms. The lowest BCUT2D eigenvalue weighted by Crippen LogP contribution is -2.39. The van der Waals surface area contributed by atoms with Gasteiger partial charge in [-0.05, 0) is 39.7 Å². The maximum absolute atomic E-state index is 6.56. The average Bonchev–Trinajstić information content (AvgIpc) is 3.40. The van der Waals surface area contributed by atoms with E-state index in [1.807, 2.05) is 11.3 Å². The molecule has 0 fully saturated rings. The molecular weight excluding hydrogens is 358 g/mol. The van der Waals surface area contributed by atoms with E-state index in [0.717, 1.165) is 12.3 Å². The molecule has 2 unspecified atom stereocenters. The van der Waals surface area contributed by atoms with Crippen molar-refractivity contribution >= 4 is 33.4 Å². The molecule has 3 heterocycles. The third-order valence-electron chi connectivity index (χ3n) is 5.04. The van der Waals surface area contributed by atoms with Crippen LogP contribution in [0.4, 0.5) is 0 Å². The standard InChI is InChI=1S/C22H19NOS2/c1-2-23-21(18-9-5-13-25-18)20-16-8-4-3-7-15(16)11-12-17(20)24-22(23)19-10-6-14-26-19/h3-14,21-22H,2H2,1H3. The molecule has 0 bridgehead atoms. The van der Waals surface area contributed by atoms with Gasteiger partial charge in [0.2, 0.25) is 0 Å². The Labute approximate surface area is 161 Å². The Morgan fingerprint density at radius 2 is 1.65 bits per heavy atom. The largest absolute Gasteiger partial charge is 0.470 e. The molecule has 1 aliphatic heterocycles. The zero-order valence-corrected chi connectivity index (χ0v) is 16.1. The molecule has 5 rings (SSSR count). The van der Waals surface area contributed by atoms with Crippen LogP contribution in [0, 0.1) is 0 Å². The minimum absolute atomic E-state index is 0.0410. The Morgan fingerprint density at radius 1 is 0.885 bits per heavy atom. The Hall–Kier alpha value is -2.14. The number of thiophene rings is 2. The second-order valence-electron chi connectivity index (χ2n) is 6.43. The van der Waals surface area contributed by atoms with Gasteiger partial charge in [0.1, 0.15) is 5.75 Å². The first-order chi connectivity index (χ1) is 12.9. The highest BCUT2D eigenvalue weighted by molar-refractivity contribution is 7.10. The van der Waals surface area contributed by atoms with Crippen molar-refractivity contribution in [3.8, 4) is 5.75 Å². The molecule has 2 aromatic carbocycles. The fraction of sp³-hybridized carbons (Fsp3) is 0.182. The van der Waals surface area contributed by atoms with Crippen molar-refractivity contribution in [2.45, 2.75) is 19.2 Å². The molecule has 2 atom stereocenters. The number of nitrogens with zero attached hydrogens (tertiary/aromatic N) is 1. The molecule has 4 heteroatoms. The predicted octanol–water partition coefficient (Wildman–Crippen LogP) is 6.47. The van der Waals surface area contributed by atoms with Crippen molar-refractivity contribution < 1.29 is 4.74 Å². The van der Waals surface area contributed by atoms with Gasteiger partial charge in [0.05, 0.1) is 10.9 Å². The number of fused-ring (bicyclic) bond motifs is 3. The summed E-state index contributed by atoms with van der Waals surface area (Å²) in [5.74, 6) is 1.00. The first-order valence-electron chi connectivity index (χ1n) is 8.87. The number of ether oxygens (including phenoxy) is 1. The van der Waals surface area contributed by atoms with Gasteiger partial charge in [-0.1, -0.05) is 49.4 Å². The number of rotatable bonds is 3. The summed E-state index contributed by atoms with van der Waals surface area (Å²) >= 11 is 3.59. The van der Waals surface area contributed by atoms with Gasteiger partial charge in [0.25, 0.3) is 0 Å². The summed E-state index contributed by atoms with van der Waals surface area (Å²) in [6.07, 6.45) is -0.0410. The zero-order chi connectivity index (χ0) is 17.5. The van der Waals surface area contributed by atoms with Gasteiger partial charge in [-0.2, -0.15) is 0 Å². The van der Waals surface area contributed by atoms with Crippen LogP contribution in [0.3, 0.4) is 0 Å². The highest BCUT2D eigenvalue weighted by atomic mass is 32.1. The lowest BCUT2D eigenvalue weighted by molar-refractivity contribution is -0.0115. The Bertz CT molecular complexity index is 1020. The van der Waals surface area contributed by atoms with Crippen molar-refractivity contribution in [2.24, 2.45) is 0 Å². The van der Waals surface area contributed by atoms with Gasteiger partial charge < -0.3 is 4.74 Å². The molecule has 130 valence electrons. The quantitative estimate of drug-likeness (QED) is 0.406. The van der Waals surface area contributed by atoms with Gasteiger partial charge in [-0.3, -0.25) is 4.90 Å². The molecule has 0 aliphatic carbocycles. The molecule has 0 N–H and O–H groups in total. The average molecular weight is 378 g/mol. The lowest BCUT2D eigenvalue weighted by atomic mass is 9.93. The van der Waals surface area contributed by atoms with Crippen molar-refractivity contribution in [3.63, 3.8) is 0 Å². The summed E-state index contributed by atoms with van der Waals surface area (Å²) < 4.78 is 6.56. The molecular formula is C22H19NOS2. The van der Waals surface area contributed by atoms with E-state index in [0.29, 0.717) is 0 Å². The third-order valence-corrected chi connectivity index (χ3v) is 6.87. The summed E-state index contributed by atoms with van der Waals surface area (Å²) in [5, 5.41) is 6.85. The summed E-state index contributed by atoms with van der Waals surface area (Å²) in [5.41, 5.74) is 1.29. The fourth-order valence-corrected chi connectivity index (χ4v) is 5.53. The molecule has 0 radical (unpaired) electrons. The molecule has 0 saturated carbocycles. The van der Waals surface area contributed by atoms with Crippen LogP contribution < -0.4 is 4.74 Å². The van der Waals surface area contributed by atoms with E-state index in [1.54, 1.807) is 11.3 Å². The first kappa shape index (κ1) is 16.1. The van der Waals surface area contributed by atoms with Crippen molar-refractivity contribution in [1.29, 1.82) is 0 Å². The Morgan fingerprint density at radius 3 is 2.38 bits per heavy atom. The Kier molecular flexibility index (Phi) is 4.04. The fourth-order valence-electron chi connectivity index (χ4n) is 3.90. The van der Waals surface area contributed by atoms with Crippen LogP contribution in [-0.2, 0) is 0 Å². The Balaban J connectivity index is 1.78. The van der Waals surface area contributed by atoms with Crippen molar-refractivity contribution in [2.75, 3.05) is 6.54 Å². The summed E-state index contributed by atoms with van der Waals surface area (Å²) in [6.45, 7) is 3.15. The summed E-state index contributed by atoms with van der Waals surface area (Å²) in [4.78, 5) is 5.11. The highest BCUT2D eigenvalue weighted by Crippen LogP contribution is 2.49. The van der Waals surface area contributed by atoms with Crippen LogP contribution in [0.1, 0.15) is 34.5 Å². The van der Waals surface area contributed by atoms with Gasteiger partial charge >= 0.3 is 0 Å².